The first kappa shape index (κ1) is 14.8. The van der Waals surface area contributed by atoms with Crippen LogP contribution >= 0.6 is 0 Å². The van der Waals surface area contributed by atoms with Gasteiger partial charge in [-0.15, -0.1) is 0 Å². The molecule has 6 atom stereocenters. The molecule has 124 valence electrons. The molecule has 4 aliphatic rings. The Kier molecular flexibility index (Phi) is 2.69. The van der Waals surface area contributed by atoms with Crippen LogP contribution in [0, 0.1) is 0 Å². The minimum Gasteiger partial charge on any atom is -0.387 e. The second-order valence-corrected chi connectivity index (χ2v) is 7.38. The van der Waals surface area contributed by atoms with Gasteiger partial charge in [0.05, 0.1) is 6.54 Å². The van der Waals surface area contributed by atoms with Crippen molar-refractivity contribution in [2.75, 3.05) is 6.54 Å². The number of hydrogen-bond donors (Lipinski definition) is 2. The topological polar surface area (TPSA) is 97.7 Å². The largest absolute Gasteiger partial charge is 0.387 e. The number of fused-ring (bicyclic) bond motifs is 4. The van der Waals surface area contributed by atoms with Crippen LogP contribution in [-0.4, -0.2) is 75.4 Å². The summed E-state index contributed by atoms with van der Waals surface area (Å²) in [5.41, 5.74) is -3.56. The summed E-state index contributed by atoms with van der Waals surface area (Å²) >= 11 is 0. The van der Waals surface area contributed by atoms with Crippen LogP contribution in [0.2, 0.25) is 0 Å². The number of ether oxygens (including phenoxy) is 4. The Bertz CT molecular complexity index is 530. The molecule has 1 amide bonds. The summed E-state index contributed by atoms with van der Waals surface area (Å²) in [6, 6.07) is 0. The van der Waals surface area contributed by atoms with Gasteiger partial charge in [-0.1, -0.05) is 0 Å². The van der Waals surface area contributed by atoms with Crippen molar-refractivity contribution in [3.63, 3.8) is 0 Å². The van der Waals surface area contributed by atoms with Gasteiger partial charge in [0, 0.05) is 0 Å². The maximum Gasteiger partial charge on any atom is 0.264 e. The van der Waals surface area contributed by atoms with Crippen LogP contribution < -0.4 is 0 Å². The molecular weight excluding hydrogens is 294 g/mol. The molecule has 0 radical (unpaired) electrons. The van der Waals surface area contributed by atoms with Crippen molar-refractivity contribution in [1.82, 2.24) is 4.90 Å². The van der Waals surface area contributed by atoms with Crippen molar-refractivity contribution < 1.29 is 34.0 Å². The number of amides is 1. The SMILES string of the molecule is CC1(C)O[C@H]2O[C@@H]3CN4C(=O)[C@@](O)(C(C)(C)O)[C@H]4O[C@@H]3[C@H]2O1. The molecule has 0 aromatic rings. The third-order valence-corrected chi connectivity index (χ3v) is 4.91. The van der Waals surface area contributed by atoms with Crippen LogP contribution in [0.4, 0.5) is 0 Å². The Morgan fingerprint density at radius 1 is 1.23 bits per heavy atom. The Balaban J connectivity index is 1.59. The van der Waals surface area contributed by atoms with Gasteiger partial charge in [0.2, 0.25) is 5.60 Å². The Morgan fingerprint density at radius 3 is 2.55 bits per heavy atom. The molecule has 4 aliphatic heterocycles. The van der Waals surface area contributed by atoms with Gasteiger partial charge >= 0.3 is 0 Å². The molecule has 8 nitrogen and oxygen atoms in total. The third-order valence-electron chi connectivity index (χ3n) is 4.91. The van der Waals surface area contributed by atoms with Crippen LogP contribution in [0.3, 0.4) is 0 Å². The highest BCUT2D eigenvalue weighted by atomic mass is 16.8. The minimum atomic E-state index is -1.95. The van der Waals surface area contributed by atoms with Gasteiger partial charge in [0.15, 0.2) is 18.3 Å². The highest BCUT2D eigenvalue weighted by Gasteiger charge is 2.72. The smallest absolute Gasteiger partial charge is 0.264 e. The Morgan fingerprint density at radius 2 is 1.91 bits per heavy atom. The number of β-lactam (4-membered cyclic amide) rings is 1. The van der Waals surface area contributed by atoms with E-state index in [1.807, 2.05) is 0 Å². The van der Waals surface area contributed by atoms with Crippen LogP contribution in [0.25, 0.3) is 0 Å². The summed E-state index contributed by atoms with van der Waals surface area (Å²) in [5.74, 6) is -1.31. The van der Waals surface area contributed by atoms with Crippen LogP contribution in [-0.2, 0) is 23.7 Å². The van der Waals surface area contributed by atoms with Crippen molar-refractivity contribution in [2.45, 2.75) is 75.5 Å². The van der Waals surface area contributed by atoms with Crippen LogP contribution in [0.1, 0.15) is 27.7 Å². The third kappa shape index (κ3) is 1.65. The normalized spacial score (nSPS) is 49.5. The van der Waals surface area contributed by atoms with Gasteiger partial charge in [0.25, 0.3) is 5.91 Å². The predicted molar refractivity (Wildman–Crippen MR) is 70.3 cm³/mol. The van der Waals surface area contributed by atoms with E-state index in [1.54, 1.807) is 13.8 Å². The second-order valence-electron chi connectivity index (χ2n) is 7.38. The first-order chi connectivity index (χ1) is 10.0. The molecule has 0 saturated carbocycles. The lowest BCUT2D eigenvalue weighted by atomic mass is 9.75. The molecule has 22 heavy (non-hydrogen) atoms. The van der Waals surface area contributed by atoms with E-state index in [2.05, 4.69) is 0 Å². The van der Waals surface area contributed by atoms with E-state index >= 15 is 0 Å². The van der Waals surface area contributed by atoms with Gasteiger partial charge in [-0.25, -0.2) is 0 Å². The van der Waals surface area contributed by atoms with Crippen LogP contribution in [0.15, 0.2) is 0 Å². The zero-order chi connectivity index (χ0) is 16.1. The molecule has 0 aromatic heterocycles. The Labute approximate surface area is 127 Å². The van der Waals surface area contributed by atoms with E-state index < -0.39 is 47.6 Å². The van der Waals surface area contributed by atoms with Gasteiger partial charge in [0.1, 0.15) is 23.9 Å². The fraction of sp³-hybridized carbons (Fsp3) is 0.929. The van der Waals surface area contributed by atoms with Crippen LogP contribution in [0.5, 0.6) is 0 Å². The van der Waals surface area contributed by atoms with E-state index in [0.717, 1.165) is 0 Å². The molecule has 4 rings (SSSR count). The van der Waals surface area contributed by atoms with E-state index in [0.29, 0.717) is 0 Å². The standard InChI is InChI=1S/C14H21NO7/c1-12(2,17)14(18)10(16)15-5-6-7(20-11(14)15)8-9(19-6)22-13(3,4)21-8/h6-9,11,17-18H,5H2,1-4H3/t6-,7+,8-,9-,11-,14+/m1/s1. The molecule has 0 unspecified atom stereocenters. The van der Waals surface area contributed by atoms with Gasteiger partial charge in [-0.05, 0) is 27.7 Å². The summed E-state index contributed by atoms with van der Waals surface area (Å²) in [6.45, 7) is 6.65. The van der Waals surface area contributed by atoms with Crippen molar-refractivity contribution in [1.29, 1.82) is 0 Å². The summed E-state index contributed by atoms with van der Waals surface area (Å²) in [4.78, 5) is 13.6. The van der Waals surface area contributed by atoms with E-state index in [4.69, 9.17) is 18.9 Å². The zero-order valence-electron chi connectivity index (χ0n) is 13.0. The highest BCUT2D eigenvalue weighted by Crippen LogP contribution is 2.48. The zero-order valence-corrected chi connectivity index (χ0v) is 13.0. The highest BCUT2D eigenvalue weighted by molar-refractivity contribution is 5.93. The minimum absolute atomic E-state index is 0.284. The maximum atomic E-state index is 12.2. The molecule has 0 aliphatic carbocycles. The first-order valence-electron chi connectivity index (χ1n) is 7.47. The lowest BCUT2D eigenvalue weighted by Crippen LogP contribution is -2.84. The Hall–Kier alpha value is -0.770. The summed E-state index contributed by atoms with van der Waals surface area (Å²) in [7, 11) is 0. The molecule has 8 heteroatoms. The molecule has 0 aromatic carbocycles. The van der Waals surface area contributed by atoms with Gasteiger partial charge in [-0.2, -0.15) is 0 Å². The second kappa shape index (κ2) is 4.00. The molecular formula is C14H21NO7. The number of carbonyl (C=O) groups is 1. The summed E-state index contributed by atoms with van der Waals surface area (Å²) in [6.07, 6.45) is -2.68. The summed E-state index contributed by atoms with van der Waals surface area (Å²) in [5, 5.41) is 20.7. The molecule has 4 saturated heterocycles. The fourth-order valence-electron chi connectivity index (χ4n) is 3.71. The monoisotopic (exact) mass is 315 g/mol. The number of aliphatic hydroxyl groups is 2. The first-order valence-corrected chi connectivity index (χ1v) is 7.47. The number of nitrogens with zero attached hydrogens (tertiary/aromatic N) is 1. The fourth-order valence-corrected chi connectivity index (χ4v) is 3.71. The van der Waals surface area contributed by atoms with Gasteiger partial charge < -0.3 is 34.1 Å². The van der Waals surface area contributed by atoms with E-state index in [-0.39, 0.29) is 12.6 Å². The number of rotatable bonds is 1. The number of hydrogen-bond acceptors (Lipinski definition) is 7. The van der Waals surface area contributed by atoms with Crippen molar-refractivity contribution in [3.8, 4) is 0 Å². The average Bonchev–Trinajstić information content (AvgIpc) is 2.86. The quantitative estimate of drug-likeness (QED) is 0.595. The molecule has 4 heterocycles. The molecule has 2 N–H and O–H groups in total. The predicted octanol–water partition coefficient (Wildman–Crippen LogP) is -1.07. The lowest BCUT2D eigenvalue weighted by molar-refractivity contribution is -0.329. The molecule has 0 bridgehead atoms. The van der Waals surface area contributed by atoms with Crippen molar-refractivity contribution >= 4 is 5.91 Å². The van der Waals surface area contributed by atoms with Crippen molar-refractivity contribution in [2.24, 2.45) is 0 Å². The summed E-state index contributed by atoms with van der Waals surface area (Å²) < 4.78 is 23.1. The average molecular weight is 315 g/mol. The number of carbonyl (C=O) groups excluding carboxylic acids is 1. The van der Waals surface area contributed by atoms with E-state index in [1.165, 1.54) is 18.7 Å². The molecule has 4 fully saturated rings. The maximum absolute atomic E-state index is 12.2. The van der Waals surface area contributed by atoms with Gasteiger partial charge in [-0.3, -0.25) is 4.79 Å². The molecule has 0 spiro atoms. The lowest BCUT2D eigenvalue weighted by Gasteiger charge is -2.60. The van der Waals surface area contributed by atoms with E-state index in [9.17, 15) is 15.0 Å². The van der Waals surface area contributed by atoms with Crippen molar-refractivity contribution in [3.05, 3.63) is 0 Å².